The molecule has 0 atom stereocenters. The second-order valence-electron chi connectivity index (χ2n) is 5.67. The number of rotatable bonds is 2. The summed E-state index contributed by atoms with van der Waals surface area (Å²) in [5.41, 5.74) is 1.68. The largest absolute Gasteiger partial charge is 0.478 e. The number of aromatic carboxylic acids is 1. The standard InChI is InChI=1S/C17H19NO2/c1-18-9-7-13(8-10-18)15-4-2-3-12-5-6-14(17(19)20)11-16(12)15/h2-6,11,13H,7-10H2,1H3,(H,19,20). The Morgan fingerprint density at radius 2 is 1.95 bits per heavy atom. The van der Waals surface area contributed by atoms with E-state index in [1.807, 2.05) is 12.1 Å². The van der Waals surface area contributed by atoms with Gasteiger partial charge in [0.15, 0.2) is 0 Å². The minimum absolute atomic E-state index is 0.373. The first-order valence-corrected chi connectivity index (χ1v) is 7.09. The Bertz CT molecular complexity index is 642. The van der Waals surface area contributed by atoms with Crippen LogP contribution in [0.3, 0.4) is 0 Å². The summed E-state index contributed by atoms with van der Waals surface area (Å²) >= 11 is 0. The van der Waals surface area contributed by atoms with E-state index in [0.717, 1.165) is 36.7 Å². The Hall–Kier alpha value is -1.87. The zero-order chi connectivity index (χ0) is 14.1. The zero-order valence-corrected chi connectivity index (χ0v) is 11.7. The smallest absolute Gasteiger partial charge is 0.335 e. The maximum absolute atomic E-state index is 11.2. The molecule has 1 saturated heterocycles. The summed E-state index contributed by atoms with van der Waals surface area (Å²) in [4.78, 5) is 13.5. The lowest BCUT2D eigenvalue weighted by Crippen LogP contribution is -2.29. The van der Waals surface area contributed by atoms with Crippen LogP contribution in [0.4, 0.5) is 0 Å². The van der Waals surface area contributed by atoms with Gasteiger partial charge in [0.1, 0.15) is 0 Å². The van der Waals surface area contributed by atoms with Crippen LogP contribution in [0.1, 0.15) is 34.7 Å². The minimum atomic E-state index is -0.856. The van der Waals surface area contributed by atoms with Gasteiger partial charge in [0, 0.05) is 0 Å². The van der Waals surface area contributed by atoms with E-state index in [-0.39, 0.29) is 0 Å². The van der Waals surface area contributed by atoms with Crippen LogP contribution >= 0.6 is 0 Å². The van der Waals surface area contributed by atoms with Crippen molar-refractivity contribution in [3.05, 3.63) is 47.5 Å². The maximum atomic E-state index is 11.2. The third-order valence-corrected chi connectivity index (χ3v) is 4.32. The van der Waals surface area contributed by atoms with Gasteiger partial charge in [0.05, 0.1) is 5.56 Å². The van der Waals surface area contributed by atoms with Crippen LogP contribution in [0.5, 0.6) is 0 Å². The quantitative estimate of drug-likeness (QED) is 0.909. The van der Waals surface area contributed by atoms with Gasteiger partial charge in [0.2, 0.25) is 0 Å². The summed E-state index contributed by atoms with van der Waals surface area (Å²) in [7, 11) is 2.15. The fourth-order valence-electron chi connectivity index (χ4n) is 3.11. The zero-order valence-electron chi connectivity index (χ0n) is 11.7. The summed E-state index contributed by atoms with van der Waals surface area (Å²) < 4.78 is 0. The SMILES string of the molecule is CN1CCC(c2cccc3ccc(C(=O)O)cc23)CC1. The minimum Gasteiger partial charge on any atom is -0.478 e. The molecule has 1 aliphatic rings. The fraction of sp³-hybridized carbons (Fsp3) is 0.353. The molecule has 1 N–H and O–H groups in total. The molecule has 1 heterocycles. The number of carboxylic acid groups (broad SMARTS) is 1. The van der Waals surface area contributed by atoms with Crippen molar-refractivity contribution in [3.63, 3.8) is 0 Å². The fourth-order valence-corrected chi connectivity index (χ4v) is 3.11. The van der Waals surface area contributed by atoms with E-state index >= 15 is 0 Å². The molecule has 1 aliphatic heterocycles. The van der Waals surface area contributed by atoms with E-state index in [1.54, 1.807) is 6.07 Å². The van der Waals surface area contributed by atoms with E-state index in [9.17, 15) is 9.90 Å². The predicted octanol–water partition coefficient (Wildman–Crippen LogP) is 3.35. The van der Waals surface area contributed by atoms with Gasteiger partial charge in [-0.3, -0.25) is 0 Å². The molecule has 0 aliphatic carbocycles. The number of fused-ring (bicyclic) bond motifs is 1. The Balaban J connectivity index is 2.05. The summed E-state index contributed by atoms with van der Waals surface area (Å²) in [5.74, 6) is -0.316. The molecule has 3 rings (SSSR count). The van der Waals surface area contributed by atoms with Gasteiger partial charge in [-0.2, -0.15) is 0 Å². The van der Waals surface area contributed by atoms with Gasteiger partial charge in [-0.1, -0.05) is 24.3 Å². The lowest BCUT2D eigenvalue weighted by atomic mass is 9.86. The Morgan fingerprint density at radius 1 is 1.20 bits per heavy atom. The first-order valence-electron chi connectivity index (χ1n) is 7.09. The van der Waals surface area contributed by atoms with Crippen LogP contribution in [0, 0.1) is 0 Å². The number of hydrogen-bond acceptors (Lipinski definition) is 2. The average molecular weight is 269 g/mol. The number of hydrogen-bond donors (Lipinski definition) is 1. The van der Waals surface area contributed by atoms with Crippen LogP contribution in [0.25, 0.3) is 10.8 Å². The lowest BCUT2D eigenvalue weighted by Gasteiger charge is -2.30. The van der Waals surface area contributed by atoms with Gasteiger partial charge in [-0.25, -0.2) is 4.79 Å². The second kappa shape index (κ2) is 5.25. The van der Waals surface area contributed by atoms with E-state index in [2.05, 4.69) is 30.1 Å². The van der Waals surface area contributed by atoms with Gasteiger partial charge >= 0.3 is 5.97 Å². The molecule has 0 saturated carbocycles. The molecule has 0 bridgehead atoms. The first-order chi connectivity index (χ1) is 9.65. The van der Waals surface area contributed by atoms with Crippen molar-refractivity contribution in [2.75, 3.05) is 20.1 Å². The van der Waals surface area contributed by atoms with Crippen molar-refractivity contribution in [3.8, 4) is 0 Å². The second-order valence-corrected chi connectivity index (χ2v) is 5.67. The molecular formula is C17H19NO2. The molecule has 3 nitrogen and oxygen atoms in total. The van der Waals surface area contributed by atoms with Gasteiger partial charge in [0.25, 0.3) is 0 Å². The molecule has 20 heavy (non-hydrogen) atoms. The highest BCUT2D eigenvalue weighted by Crippen LogP contribution is 2.33. The molecule has 2 aromatic rings. The van der Waals surface area contributed by atoms with E-state index in [0.29, 0.717) is 11.5 Å². The number of benzene rings is 2. The maximum Gasteiger partial charge on any atom is 0.335 e. The highest BCUT2D eigenvalue weighted by molar-refractivity contribution is 5.95. The molecule has 104 valence electrons. The third-order valence-electron chi connectivity index (χ3n) is 4.32. The highest BCUT2D eigenvalue weighted by atomic mass is 16.4. The molecule has 0 spiro atoms. The molecular weight excluding hydrogens is 250 g/mol. The van der Waals surface area contributed by atoms with E-state index in [1.165, 1.54) is 5.56 Å². The van der Waals surface area contributed by atoms with Crippen LogP contribution < -0.4 is 0 Å². The Labute approximate surface area is 118 Å². The summed E-state index contributed by atoms with van der Waals surface area (Å²) in [6, 6.07) is 11.7. The number of carboxylic acids is 1. The summed E-state index contributed by atoms with van der Waals surface area (Å²) in [6.07, 6.45) is 2.29. The van der Waals surface area contributed by atoms with Crippen molar-refractivity contribution in [1.82, 2.24) is 4.90 Å². The molecule has 2 aromatic carbocycles. The van der Waals surface area contributed by atoms with Gasteiger partial charge in [-0.05, 0) is 67.4 Å². The van der Waals surface area contributed by atoms with E-state index in [4.69, 9.17) is 0 Å². The Kier molecular flexibility index (Phi) is 3.45. The van der Waals surface area contributed by atoms with Crippen LogP contribution in [0.2, 0.25) is 0 Å². The molecule has 0 aromatic heterocycles. The third kappa shape index (κ3) is 2.41. The van der Waals surface area contributed by atoms with Crippen molar-refractivity contribution >= 4 is 16.7 Å². The number of carbonyl (C=O) groups is 1. The monoisotopic (exact) mass is 269 g/mol. The van der Waals surface area contributed by atoms with Crippen molar-refractivity contribution in [2.24, 2.45) is 0 Å². The van der Waals surface area contributed by atoms with Crippen LogP contribution in [0.15, 0.2) is 36.4 Å². The normalized spacial score (nSPS) is 17.4. The van der Waals surface area contributed by atoms with Crippen LogP contribution in [-0.2, 0) is 0 Å². The molecule has 1 fully saturated rings. The average Bonchev–Trinajstić information content (AvgIpc) is 2.47. The van der Waals surface area contributed by atoms with Gasteiger partial charge < -0.3 is 10.0 Å². The molecule has 0 unspecified atom stereocenters. The Morgan fingerprint density at radius 3 is 2.65 bits per heavy atom. The van der Waals surface area contributed by atoms with Crippen molar-refractivity contribution in [1.29, 1.82) is 0 Å². The van der Waals surface area contributed by atoms with Gasteiger partial charge in [-0.15, -0.1) is 0 Å². The number of piperidine rings is 1. The van der Waals surface area contributed by atoms with E-state index < -0.39 is 5.97 Å². The number of likely N-dealkylation sites (tertiary alicyclic amines) is 1. The van der Waals surface area contributed by atoms with Crippen molar-refractivity contribution in [2.45, 2.75) is 18.8 Å². The molecule has 0 amide bonds. The lowest BCUT2D eigenvalue weighted by molar-refractivity contribution is 0.0697. The molecule has 3 heteroatoms. The first kappa shape index (κ1) is 13.1. The summed E-state index contributed by atoms with van der Waals surface area (Å²) in [5, 5.41) is 11.4. The number of nitrogens with zero attached hydrogens (tertiary/aromatic N) is 1. The summed E-state index contributed by atoms with van der Waals surface area (Å²) in [6.45, 7) is 2.22. The predicted molar refractivity (Wildman–Crippen MR) is 80.4 cm³/mol. The highest BCUT2D eigenvalue weighted by Gasteiger charge is 2.20. The molecule has 0 radical (unpaired) electrons. The van der Waals surface area contributed by atoms with Crippen LogP contribution in [-0.4, -0.2) is 36.1 Å². The topological polar surface area (TPSA) is 40.5 Å². The van der Waals surface area contributed by atoms with Crippen molar-refractivity contribution < 1.29 is 9.90 Å².